The van der Waals surface area contributed by atoms with Crippen LogP contribution in [0.4, 0.5) is 0 Å². The predicted molar refractivity (Wildman–Crippen MR) is 64.1 cm³/mol. The molecule has 0 atom stereocenters. The number of hydrogen-bond acceptors (Lipinski definition) is 2. The third kappa shape index (κ3) is 1.98. The Balaban J connectivity index is 2.90. The zero-order valence-electron chi connectivity index (χ0n) is 8.10. The number of rotatable bonds is 2. The van der Waals surface area contributed by atoms with Gasteiger partial charge in [0.15, 0.2) is 0 Å². The van der Waals surface area contributed by atoms with E-state index in [9.17, 15) is 9.59 Å². The van der Waals surface area contributed by atoms with Crippen LogP contribution in [0.15, 0.2) is 36.4 Å². The van der Waals surface area contributed by atoms with Crippen molar-refractivity contribution in [2.45, 2.75) is 0 Å². The Hall–Kier alpha value is -0.921. The van der Waals surface area contributed by atoms with Crippen molar-refractivity contribution in [1.29, 1.82) is 0 Å². The first-order chi connectivity index (χ1) is 7.61. The molecule has 0 saturated carbocycles. The van der Waals surface area contributed by atoms with E-state index in [1.165, 1.54) is 0 Å². The summed E-state index contributed by atoms with van der Waals surface area (Å²) in [5.41, 5.74) is 0.865. The molecular formula is C12H6O2Se2-2. The van der Waals surface area contributed by atoms with Crippen molar-refractivity contribution in [2.75, 3.05) is 0 Å². The summed E-state index contributed by atoms with van der Waals surface area (Å²) in [6.07, 6.45) is 0. The number of fused-ring (bicyclic) bond motifs is 1. The minimum atomic E-state index is -0.218. The average Bonchev–Trinajstić information content (AvgIpc) is 2.27. The van der Waals surface area contributed by atoms with Crippen LogP contribution in [0.1, 0.15) is 20.7 Å². The fourth-order valence-corrected chi connectivity index (χ4v) is 2.48. The van der Waals surface area contributed by atoms with E-state index in [-0.39, 0.29) is 9.36 Å². The SMILES string of the molecule is O=C([Se-])c1ccc2ccccc2c1C(=O)[Se-]. The maximum absolute atomic E-state index is 11.6. The molecule has 2 aromatic rings. The molecule has 0 aromatic heterocycles. The molecule has 80 valence electrons. The summed E-state index contributed by atoms with van der Waals surface area (Å²) in [6, 6.07) is 11.0. The molecule has 0 amide bonds. The summed E-state index contributed by atoms with van der Waals surface area (Å²) in [5.74, 6) is 0. The molecule has 2 nitrogen and oxygen atoms in total. The molecule has 0 radical (unpaired) electrons. The Bertz CT molecular complexity index is 591. The van der Waals surface area contributed by atoms with E-state index < -0.39 is 0 Å². The summed E-state index contributed by atoms with van der Waals surface area (Å²) in [5, 5.41) is 1.75. The Kier molecular flexibility index (Phi) is 3.27. The molecule has 4 heteroatoms. The van der Waals surface area contributed by atoms with Crippen molar-refractivity contribution in [3.63, 3.8) is 0 Å². The van der Waals surface area contributed by atoms with Crippen molar-refractivity contribution in [3.05, 3.63) is 47.5 Å². The Morgan fingerprint density at radius 1 is 0.875 bits per heavy atom. The molecule has 0 aliphatic rings. The predicted octanol–water partition coefficient (Wildman–Crippen LogP) is 1.46. The van der Waals surface area contributed by atoms with E-state index >= 15 is 0 Å². The van der Waals surface area contributed by atoms with Gasteiger partial charge in [0.05, 0.1) is 0 Å². The van der Waals surface area contributed by atoms with Crippen LogP contribution < -0.4 is 0 Å². The summed E-state index contributed by atoms with van der Waals surface area (Å²) in [4.78, 5) is 23.0. The molecule has 0 spiro atoms. The second kappa shape index (κ2) is 4.52. The Labute approximate surface area is 109 Å². The summed E-state index contributed by atoms with van der Waals surface area (Å²) in [7, 11) is 0. The molecule has 0 fully saturated rings. The summed E-state index contributed by atoms with van der Waals surface area (Å²) < 4.78 is -0.431. The number of carbonyl (C=O) groups excluding carboxylic acids is 2. The molecule has 2 rings (SSSR count). The van der Waals surface area contributed by atoms with Crippen LogP contribution in [0.25, 0.3) is 10.8 Å². The molecule has 0 unspecified atom stereocenters. The third-order valence-electron chi connectivity index (χ3n) is 2.35. The van der Waals surface area contributed by atoms with Gasteiger partial charge < -0.3 is 0 Å². The molecule has 2 aromatic carbocycles. The molecule has 0 heterocycles. The number of benzene rings is 2. The fraction of sp³-hybridized carbons (Fsp3) is 0. The van der Waals surface area contributed by atoms with Gasteiger partial charge in [-0.15, -0.1) is 0 Å². The van der Waals surface area contributed by atoms with Gasteiger partial charge in [-0.2, -0.15) is 0 Å². The number of carbonyl (C=O) groups is 2. The molecule has 0 aliphatic carbocycles. The van der Waals surface area contributed by atoms with Crippen molar-refractivity contribution < 1.29 is 9.59 Å². The Morgan fingerprint density at radius 3 is 2.19 bits per heavy atom. The zero-order valence-corrected chi connectivity index (χ0v) is 11.5. The minimum absolute atomic E-state index is 0.213. The van der Waals surface area contributed by atoms with Crippen molar-refractivity contribution in [1.82, 2.24) is 0 Å². The van der Waals surface area contributed by atoms with Gasteiger partial charge in [-0.3, -0.25) is 0 Å². The van der Waals surface area contributed by atoms with Gasteiger partial charge >= 0.3 is 109 Å². The second-order valence-corrected chi connectivity index (χ2v) is 4.84. The first kappa shape index (κ1) is 11.6. The number of hydrogen-bond donors (Lipinski definition) is 0. The van der Waals surface area contributed by atoms with E-state index in [1.807, 2.05) is 30.3 Å². The fourth-order valence-electron chi connectivity index (χ4n) is 1.66. The average molecular weight is 340 g/mol. The van der Waals surface area contributed by atoms with Gasteiger partial charge in [0.1, 0.15) is 0 Å². The summed E-state index contributed by atoms with van der Waals surface area (Å²) >= 11 is 4.85. The molecule has 0 saturated heterocycles. The molecule has 16 heavy (non-hydrogen) atoms. The third-order valence-corrected chi connectivity index (χ3v) is 3.24. The van der Waals surface area contributed by atoms with Crippen molar-refractivity contribution in [3.8, 4) is 0 Å². The van der Waals surface area contributed by atoms with E-state index in [1.54, 1.807) is 6.07 Å². The van der Waals surface area contributed by atoms with Gasteiger partial charge in [0.2, 0.25) is 0 Å². The van der Waals surface area contributed by atoms with E-state index in [2.05, 4.69) is 32.0 Å². The van der Waals surface area contributed by atoms with Crippen LogP contribution in [0.5, 0.6) is 0 Å². The van der Waals surface area contributed by atoms with Crippen LogP contribution in [-0.2, 0) is 0 Å². The summed E-state index contributed by atoms with van der Waals surface area (Å²) in [6.45, 7) is 0. The van der Waals surface area contributed by atoms with Crippen LogP contribution >= 0.6 is 0 Å². The zero-order chi connectivity index (χ0) is 11.7. The van der Waals surface area contributed by atoms with Crippen LogP contribution in [0, 0.1) is 0 Å². The van der Waals surface area contributed by atoms with Gasteiger partial charge in [0, 0.05) is 0 Å². The standard InChI is InChI=1S/C12H8O2Se2/c13-11(15)9-6-5-7-3-1-2-4-8(7)10(9)12(14)16/h1-6H,(H,13,15)(H,14,16)/p-2. The van der Waals surface area contributed by atoms with E-state index in [0.717, 1.165) is 10.8 Å². The maximum atomic E-state index is 11.6. The monoisotopic (exact) mass is 342 g/mol. The Morgan fingerprint density at radius 2 is 1.56 bits per heavy atom. The normalized spacial score (nSPS) is 10.2. The second-order valence-electron chi connectivity index (χ2n) is 3.28. The van der Waals surface area contributed by atoms with Gasteiger partial charge in [-0.1, -0.05) is 0 Å². The first-order valence-electron chi connectivity index (χ1n) is 4.55. The van der Waals surface area contributed by atoms with Crippen molar-refractivity contribution >= 4 is 52.2 Å². The molecular weight excluding hydrogens is 334 g/mol. The molecule has 0 aliphatic heterocycles. The van der Waals surface area contributed by atoms with Gasteiger partial charge in [0.25, 0.3) is 0 Å². The molecule has 0 bridgehead atoms. The first-order valence-corrected chi connectivity index (χ1v) is 6.27. The van der Waals surface area contributed by atoms with Crippen LogP contribution in [-0.4, -0.2) is 41.4 Å². The molecule has 0 N–H and O–H groups in total. The van der Waals surface area contributed by atoms with E-state index in [4.69, 9.17) is 0 Å². The van der Waals surface area contributed by atoms with Crippen LogP contribution in [0.3, 0.4) is 0 Å². The quantitative estimate of drug-likeness (QED) is 0.776. The topological polar surface area (TPSA) is 34.1 Å². The van der Waals surface area contributed by atoms with E-state index in [0.29, 0.717) is 11.1 Å². The van der Waals surface area contributed by atoms with Crippen molar-refractivity contribution in [2.24, 2.45) is 0 Å². The van der Waals surface area contributed by atoms with Crippen LogP contribution in [0.2, 0.25) is 0 Å². The van der Waals surface area contributed by atoms with Gasteiger partial charge in [-0.05, 0) is 0 Å². The van der Waals surface area contributed by atoms with Gasteiger partial charge in [-0.25, -0.2) is 0 Å².